The third-order valence-corrected chi connectivity index (χ3v) is 3.44. The fourth-order valence-electron chi connectivity index (χ4n) is 1.80. The summed E-state index contributed by atoms with van der Waals surface area (Å²) >= 11 is 1.02. The van der Waals surface area contributed by atoms with Gasteiger partial charge in [-0.25, -0.2) is 4.79 Å². The van der Waals surface area contributed by atoms with Crippen LogP contribution < -0.4 is 0 Å². The van der Waals surface area contributed by atoms with Gasteiger partial charge in [0.05, 0.1) is 0 Å². The number of amides is 1. The van der Waals surface area contributed by atoms with Gasteiger partial charge in [0.2, 0.25) is 5.91 Å². The Hall–Kier alpha value is -1.22. The summed E-state index contributed by atoms with van der Waals surface area (Å²) in [6.07, 6.45) is 1.26. The molecular weight excluding hydrogens is 228 g/mol. The predicted molar refractivity (Wildman–Crippen MR) is 59.6 cm³/mol. The summed E-state index contributed by atoms with van der Waals surface area (Å²) in [5, 5.41) is 19.2. The first-order chi connectivity index (χ1) is 7.57. The number of nitriles is 1. The second-order valence-electron chi connectivity index (χ2n) is 3.83. The molecule has 0 saturated carbocycles. The Morgan fingerprint density at radius 3 is 2.94 bits per heavy atom. The van der Waals surface area contributed by atoms with E-state index in [1.807, 2.05) is 5.40 Å². The number of hydrogen-bond acceptors (Lipinski definition) is 4. The minimum Gasteiger partial charge on any atom is -0.480 e. The molecule has 0 aromatic heterocycles. The van der Waals surface area contributed by atoms with Crippen molar-refractivity contribution in [1.29, 1.82) is 5.26 Å². The van der Waals surface area contributed by atoms with E-state index in [2.05, 4.69) is 0 Å². The highest BCUT2D eigenvalue weighted by atomic mass is 32.2. The molecule has 0 aliphatic carbocycles. The van der Waals surface area contributed by atoms with Crippen molar-refractivity contribution in [2.24, 2.45) is 5.92 Å². The van der Waals surface area contributed by atoms with E-state index in [1.54, 1.807) is 6.92 Å². The number of carbonyl (C=O) groups is 2. The van der Waals surface area contributed by atoms with E-state index in [1.165, 1.54) is 4.90 Å². The third kappa shape index (κ3) is 2.89. The van der Waals surface area contributed by atoms with Gasteiger partial charge in [-0.1, -0.05) is 6.92 Å². The third-order valence-electron chi connectivity index (χ3n) is 2.64. The molecule has 0 bridgehead atoms. The molecule has 2 atom stereocenters. The van der Waals surface area contributed by atoms with E-state index in [0.29, 0.717) is 18.7 Å². The summed E-state index contributed by atoms with van der Waals surface area (Å²) in [4.78, 5) is 24.2. The standard InChI is InChI=1S/C10H14N2O3S/c1-7(5-16-6-11)9(13)12-4-2-3-8(12)10(14)15/h7-8H,2-5H2,1H3,(H,14,15)/t7?,8-/m0/s1. The van der Waals surface area contributed by atoms with E-state index in [4.69, 9.17) is 10.4 Å². The summed E-state index contributed by atoms with van der Waals surface area (Å²) in [6, 6.07) is -0.679. The molecule has 1 heterocycles. The van der Waals surface area contributed by atoms with Gasteiger partial charge in [-0.3, -0.25) is 4.79 Å². The summed E-state index contributed by atoms with van der Waals surface area (Å²) in [6.45, 7) is 2.24. The number of aliphatic carboxylic acids is 1. The maximum atomic E-state index is 11.9. The van der Waals surface area contributed by atoms with Crippen LogP contribution in [0.1, 0.15) is 19.8 Å². The Bertz CT molecular complexity index is 327. The van der Waals surface area contributed by atoms with Crippen LogP contribution in [0.4, 0.5) is 0 Å². The van der Waals surface area contributed by atoms with E-state index in [-0.39, 0.29) is 11.8 Å². The number of carbonyl (C=O) groups excluding carboxylic acids is 1. The topological polar surface area (TPSA) is 81.4 Å². The number of carboxylic acid groups (broad SMARTS) is 1. The highest BCUT2D eigenvalue weighted by Gasteiger charge is 2.35. The van der Waals surface area contributed by atoms with Gasteiger partial charge < -0.3 is 10.0 Å². The lowest BCUT2D eigenvalue weighted by Gasteiger charge is -2.24. The molecule has 1 N–H and O–H groups in total. The zero-order chi connectivity index (χ0) is 12.1. The van der Waals surface area contributed by atoms with Gasteiger partial charge in [0.1, 0.15) is 11.4 Å². The van der Waals surface area contributed by atoms with Crippen molar-refractivity contribution in [1.82, 2.24) is 4.90 Å². The fraction of sp³-hybridized carbons (Fsp3) is 0.700. The van der Waals surface area contributed by atoms with Crippen molar-refractivity contribution in [2.75, 3.05) is 12.3 Å². The van der Waals surface area contributed by atoms with Gasteiger partial charge in [0.25, 0.3) is 0 Å². The number of nitrogens with zero attached hydrogens (tertiary/aromatic N) is 2. The van der Waals surface area contributed by atoms with Gasteiger partial charge in [-0.05, 0) is 24.6 Å². The van der Waals surface area contributed by atoms with Crippen molar-refractivity contribution >= 4 is 23.6 Å². The average molecular weight is 242 g/mol. The summed E-state index contributed by atoms with van der Waals surface area (Å²) in [7, 11) is 0. The molecule has 1 saturated heterocycles. The van der Waals surface area contributed by atoms with Crippen LogP contribution >= 0.6 is 11.8 Å². The van der Waals surface area contributed by atoms with Gasteiger partial charge >= 0.3 is 5.97 Å². The normalized spacial score (nSPS) is 21.5. The highest BCUT2D eigenvalue weighted by Crippen LogP contribution is 2.21. The average Bonchev–Trinajstić information content (AvgIpc) is 2.73. The quantitative estimate of drug-likeness (QED) is 0.741. The molecule has 1 rings (SSSR count). The van der Waals surface area contributed by atoms with Crippen LogP contribution in [0.15, 0.2) is 0 Å². The van der Waals surface area contributed by atoms with Gasteiger partial charge in [-0.15, -0.1) is 0 Å². The number of carboxylic acids is 1. The number of thiocyanates is 1. The van der Waals surface area contributed by atoms with Crippen molar-refractivity contribution < 1.29 is 14.7 Å². The fourth-order valence-corrected chi connectivity index (χ4v) is 2.27. The van der Waals surface area contributed by atoms with E-state index in [0.717, 1.165) is 18.2 Å². The lowest BCUT2D eigenvalue weighted by molar-refractivity contribution is -0.149. The lowest BCUT2D eigenvalue weighted by atomic mass is 10.1. The predicted octanol–water partition coefficient (Wildman–Crippen LogP) is 0.912. The van der Waals surface area contributed by atoms with Crippen molar-refractivity contribution in [2.45, 2.75) is 25.8 Å². The molecule has 1 aliphatic rings. The monoisotopic (exact) mass is 242 g/mol. The molecule has 1 aliphatic heterocycles. The number of rotatable bonds is 4. The van der Waals surface area contributed by atoms with E-state index in [9.17, 15) is 9.59 Å². The summed E-state index contributed by atoms with van der Waals surface area (Å²) in [5.74, 6) is -0.985. The number of thioether (sulfide) groups is 1. The van der Waals surface area contributed by atoms with Crippen LogP contribution in [0.25, 0.3) is 0 Å². The molecule has 88 valence electrons. The Morgan fingerprint density at radius 2 is 2.38 bits per heavy atom. The van der Waals surface area contributed by atoms with E-state index < -0.39 is 12.0 Å². The summed E-state index contributed by atoms with van der Waals surface area (Å²) < 4.78 is 0. The van der Waals surface area contributed by atoms with Crippen molar-refractivity contribution in [3.05, 3.63) is 0 Å². The van der Waals surface area contributed by atoms with Gasteiger partial charge in [0, 0.05) is 18.2 Å². The highest BCUT2D eigenvalue weighted by molar-refractivity contribution is 8.03. The zero-order valence-corrected chi connectivity index (χ0v) is 9.87. The summed E-state index contributed by atoms with van der Waals surface area (Å²) in [5.41, 5.74) is 0. The smallest absolute Gasteiger partial charge is 0.326 e. The molecule has 16 heavy (non-hydrogen) atoms. The van der Waals surface area contributed by atoms with Gasteiger partial charge in [0.15, 0.2) is 0 Å². The van der Waals surface area contributed by atoms with E-state index >= 15 is 0 Å². The maximum absolute atomic E-state index is 11.9. The molecule has 0 radical (unpaired) electrons. The first-order valence-corrected chi connectivity index (χ1v) is 6.10. The minimum atomic E-state index is -0.939. The van der Waals surface area contributed by atoms with Crippen LogP contribution in [-0.4, -0.2) is 40.2 Å². The Morgan fingerprint density at radius 1 is 1.69 bits per heavy atom. The molecular formula is C10H14N2O3S. The Labute approximate surface area is 98.4 Å². The maximum Gasteiger partial charge on any atom is 0.326 e. The van der Waals surface area contributed by atoms with Crippen LogP contribution in [-0.2, 0) is 9.59 Å². The minimum absolute atomic E-state index is 0.160. The second-order valence-corrected chi connectivity index (χ2v) is 4.64. The van der Waals surface area contributed by atoms with Crippen LogP contribution in [0.3, 0.4) is 0 Å². The Kier molecular flexibility index (Phi) is 4.62. The zero-order valence-electron chi connectivity index (χ0n) is 9.05. The second kappa shape index (κ2) is 5.75. The molecule has 6 heteroatoms. The Balaban J connectivity index is 2.59. The molecule has 1 amide bonds. The van der Waals surface area contributed by atoms with Crippen LogP contribution in [0.5, 0.6) is 0 Å². The molecule has 0 aromatic rings. The van der Waals surface area contributed by atoms with Crippen LogP contribution in [0.2, 0.25) is 0 Å². The molecule has 0 aromatic carbocycles. The van der Waals surface area contributed by atoms with Crippen LogP contribution in [0, 0.1) is 16.6 Å². The lowest BCUT2D eigenvalue weighted by Crippen LogP contribution is -2.43. The van der Waals surface area contributed by atoms with Crippen molar-refractivity contribution in [3.63, 3.8) is 0 Å². The molecule has 1 fully saturated rings. The number of likely N-dealkylation sites (tertiary alicyclic amines) is 1. The molecule has 1 unspecified atom stereocenters. The number of hydrogen-bond donors (Lipinski definition) is 1. The largest absolute Gasteiger partial charge is 0.480 e. The van der Waals surface area contributed by atoms with Crippen molar-refractivity contribution in [3.8, 4) is 5.40 Å². The van der Waals surface area contributed by atoms with Gasteiger partial charge in [-0.2, -0.15) is 5.26 Å². The first kappa shape index (κ1) is 12.8. The molecule has 5 nitrogen and oxygen atoms in total. The first-order valence-electron chi connectivity index (χ1n) is 5.12. The SMILES string of the molecule is CC(CSC#N)C(=O)N1CCC[C@H]1C(=O)O. The molecule has 0 spiro atoms.